The number of nitrogens with one attached hydrogen (secondary N) is 2. The van der Waals surface area contributed by atoms with Gasteiger partial charge in [-0.2, -0.15) is 11.3 Å². The number of hydrogen-bond donors (Lipinski definition) is 2. The largest absolute Gasteiger partial charge is 0.356 e. The highest BCUT2D eigenvalue weighted by molar-refractivity contribution is 14.0. The second-order valence-electron chi connectivity index (χ2n) is 4.33. The summed E-state index contributed by atoms with van der Waals surface area (Å²) in [6.07, 6.45) is 0.631. The maximum absolute atomic E-state index is 13.5. The van der Waals surface area contributed by atoms with Gasteiger partial charge in [-0.1, -0.05) is 18.2 Å². The molecule has 2 N–H and O–H groups in total. The third-order valence-corrected chi connectivity index (χ3v) is 3.64. The summed E-state index contributed by atoms with van der Waals surface area (Å²) in [6.45, 7) is 1.38. The molecule has 0 aliphatic rings. The Morgan fingerprint density at radius 1 is 1.24 bits per heavy atom. The molecule has 2 aromatic rings. The molecule has 0 spiro atoms. The number of benzene rings is 1. The molecule has 0 saturated carbocycles. The van der Waals surface area contributed by atoms with E-state index in [0.29, 0.717) is 18.5 Å². The summed E-state index contributed by atoms with van der Waals surface area (Å²) in [5, 5.41) is 10.6. The van der Waals surface area contributed by atoms with Crippen molar-refractivity contribution in [1.82, 2.24) is 10.6 Å². The van der Waals surface area contributed by atoms with Crippen LogP contribution in [0, 0.1) is 5.82 Å². The van der Waals surface area contributed by atoms with Crippen LogP contribution in [0.15, 0.2) is 46.1 Å². The van der Waals surface area contributed by atoms with Crippen molar-refractivity contribution >= 4 is 41.3 Å². The molecule has 21 heavy (non-hydrogen) atoms. The minimum Gasteiger partial charge on any atom is -0.356 e. The van der Waals surface area contributed by atoms with Crippen molar-refractivity contribution in [2.75, 3.05) is 13.6 Å². The van der Waals surface area contributed by atoms with Gasteiger partial charge in [0.1, 0.15) is 5.82 Å². The number of halogens is 2. The zero-order valence-corrected chi connectivity index (χ0v) is 15.0. The molecule has 1 aromatic carbocycles. The molecule has 0 saturated heterocycles. The van der Waals surface area contributed by atoms with Gasteiger partial charge in [0, 0.05) is 20.1 Å². The quantitative estimate of drug-likeness (QED) is 0.443. The fraction of sp³-hybridized carbons (Fsp3) is 0.267. The van der Waals surface area contributed by atoms with Crippen LogP contribution in [-0.2, 0) is 13.0 Å². The van der Waals surface area contributed by atoms with Crippen LogP contribution in [0.3, 0.4) is 0 Å². The van der Waals surface area contributed by atoms with Gasteiger partial charge in [0.15, 0.2) is 5.96 Å². The Morgan fingerprint density at radius 2 is 2.05 bits per heavy atom. The van der Waals surface area contributed by atoms with E-state index in [9.17, 15) is 4.39 Å². The predicted molar refractivity (Wildman–Crippen MR) is 98.0 cm³/mol. The summed E-state index contributed by atoms with van der Waals surface area (Å²) in [5.74, 6) is 0.572. The van der Waals surface area contributed by atoms with Crippen LogP contribution in [0.5, 0.6) is 0 Å². The molecule has 0 atom stereocenters. The number of aliphatic imine (C=N–C) groups is 1. The average molecular weight is 419 g/mol. The summed E-state index contributed by atoms with van der Waals surface area (Å²) < 4.78 is 13.5. The van der Waals surface area contributed by atoms with Crippen molar-refractivity contribution in [2.45, 2.75) is 13.0 Å². The molecular formula is C15H19FIN3S. The third-order valence-electron chi connectivity index (χ3n) is 2.91. The molecule has 2 rings (SSSR count). The molecule has 0 radical (unpaired) electrons. The van der Waals surface area contributed by atoms with E-state index >= 15 is 0 Å². The van der Waals surface area contributed by atoms with Gasteiger partial charge >= 0.3 is 0 Å². The molecule has 6 heteroatoms. The number of nitrogens with zero attached hydrogens (tertiary/aromatic N) is 1. The molecule has 1 heterocycles. The second kappa shape index (κ2) is 9.73. The fourth-order valence-corrected chi connectivity index (χ4v) is 2.48. The van der Waals surface area contributed by atoms with Gasteiger partial charge in [0.05, 0.1) is 0 Å². The molecule has 0 amide bonds. The van der Waals surface area contributed by atoms with Gasteiger partial charge in [-0.3, -0.25) is 4.99 Å². The van der Waals surface area contributed by atoms with E-state index in [1.165, 1.54) is 11.6 Å². The van der Waals surface area contributed by atoms with Gasteiger partial charge in [0.25, 0.3) is 0 Å². The SMILES string of the molecule is CN=C(NCCc1ccccc1F)NCc1ccsc1.I. The van der Waals surface area contributed by atoms with E-state index < -0.39 is 0 Å². The van der Waals surface area contributed by atoms with E-state index in [-0.39, 0.29) is 29.8 Å². The van der Waals surface area contributed by atoms with Crippen LogP contribution in [0.1, 0.15) is 11.1 Å². The van der Waals surface area contributed by atoms with Gasteiger partial charge in [0.2, 0.25) is 0 Å². The van der Waals surface area contributed by atoms with Gasteiger partial charge in [-0.05, 0) is 40.4 Å². The molecule has 114 valence electrons. The number of rotatable bonds is 5. The first-order valence-electron chi connectivity index (χ1n) is 6.48. The summed E-state index contributed by atoms with van der Waals surface area (Å²) in [4.78, 5) is 4.15. The van der Waals surface area contributed by atoms with Gasteiger partial charge in [-0.15, -0.1) is 24.0 Å². The lowest BCUT2D eigenvalue weighted by molar-refractivity contribution is 0.606. The molecular weight excluding hydrogens is 400 g/mol. The Balaban J connectivity index is 0.00000220. The first kappa shape index (κ1) is 17.9. The third kappa shape index (κ3) is 6.01. The van der Waals surface area contributed by atoms with Crippen molar-refractivity contribution in [3.63, 3.8) is 0 Å². The van der Waals surface area contributed by atoms with Crippen LogP contribution < -0.4 is 10.6 Å². The van der Waals surface area contributed by atoms with Crippen LogP contribution in [0.25, 0.3) is 0 Å². The molecule has 0 unspecified atom stereocenters. The van der Waals surface area contributed by atoms with E-state index in [2.05, 4.69) is 27.1 Å². The Bertz CT molecular complexity index is 558. The lowest BCUT2D eigenvalue weighted by atomic mass is 10.1. The Morgan fingerprint density at radius 3 is 2.71 bits per heavy atom. The summed E-state index contributed by atoms with van der Waals surface area (Å²) >= 11 is 1.67. The minimum atomic E-state index is -0.157. The number of thiophene rings is 1. The zero-order valence-electron chi connectivity index (χ0n) is 11.8. The lowest BCUT2D eigenvalue weighted by Crippen LogP contribution is -2.37. The van der Waals surface area contributed by atoms with Crippen LogP contribution in [0.4, 0.5) is 4.39 Å². The first-order chi connectivity index (χ1) is 9.79. The highest BCUT2D eigenvalue weighted by Crippen LogP contribution is 2.06. The smallest absolute Gasteiger partial charge is 0.191 e. The lowest BCUT2D eigenvalue weighted by Gasteiger charge is -2.11. The first-order valence-corrected chi connectivity index (χ1v) is 7.43. The molecule has 0 bridgehead atoms. The average Bonchev–Trinajstić information content (AvgIpc) is 2.98. The van der Waals surface area contributed by atoms with Crippen molar-refractivity contribution in [1.29, 1.82) is 0 Å². The maximum atomic E-state index is 13.5. The highest BCUT2D eigenvalue weighted by Gasteiger charge is 2.02. The van der Waals surface area contributed by atoms with Gasteiger partial charge in [-0.25, -0.2) is 4.39 Å². The standard InChI is InChI=1S/C15H18FN3S.HI/c1-17-15(19-10-12-7-9-20-11-12)18-8-6-13-4-2-3-5-14(13)16;/h2-5,7,9,11H,6,8,10H2,1H3,(H2,17,18,19);1H. The van der Waals surface area contributed by atoms with E-state index in [4.69, 9.17) is 0 Å². The Hall–Kier alpha value is -1.15. The second-order valence-corrected chi connectivity index (χ2v) is 5.11. The van der Waals surface area contributed by atoms with Crippen molar-refractivity contribution in [3.8, 4) is 0 Å². The van der Waals surface area contributed by atoms with Crippen LogP contribution in [0.2, 0.25) is 0 Å². The van der Waals surface area contributed by atoms with Crippen LogP contribution >= 0.6 is 35.3 Å². The van der Waals surface area contributed by atoms with Crippen molar-refractivity contribution in [2.24, 2.45) is 4.99 Å². The van der Waals surface area contributed by atoms with Crippen molar-refractivity contribution in [3.05, 3.63) is 58.0 Å². The predicted octanol–water partition coefficient (Wildman–Crippen LogP) is 3.41. The molecule has 0 fully saturated rings. The summed E-state index contributed by atoms with van der Waals surface area (Å²) in [5.41, 5.74) is 1.94. The van der Waals surface area contributed by atoms with Crippen molar-refractivity contribution < 1.29 is 4.39 Å². The molecule has 0 aliphatic carbocycles. The molecule has 3 nitrogen and oxygen atoms in total. The number of guanidine groups is 1. The molecule has 1 aromatic heterocycles. The monoisotopic (exact) mass is 419 g/mol. The summed E-state index contributed by atoms with van der Waals surface area (Å²) in [7, 11) is 1.73. The minimum absolute atomic E-state index is 0. The van der Waals surface area contributed by atoms with Crippen LogP contribution in [-0.4, -0.2) is 19.6 Å². The number of hydrogen-bond acceptors (Lipinski definition) is 2. The molecule has 0 aliphatic heterocycles. The topological polar surface area (TPSA) is 36.4 Å². The van der Waals surface area contributed by atoms with E-state index in [1.54, 1.807) is 30.5 Å². The fourth-order valence-electron chi connectivity index (χ4n) is 1.82. The highest BCUT2D eigenvalue weighted by atomic mass is 127. The Kier molecular flexibility index (Phi) is 8.29. The Labute approximate surface area is 145 Å². The normalized spacial score (nSPS) is 10.9. The summed E-state index contributed by atoms with van der Waals surface area (Å²) in [6, 6.07) is 8.91. The maximum Gasteiger partial charge on any atom is 0.191 e. The zero-order chi connectivity index (χ0) is 14.2. The van der Waals surface area contributed by atoms with E-state index in [0.717, 1.165) is 12.5 Å². The van der Waals surface area contributed by atoms with E-state index in [1.807, 2.05) is 11.4 Å². The van der Waals surface area contributed by atoms with Gasteiger partial charge < -0.3 is 10.6 Å².